The summed E-state index contributed by atoms with van der Waals surface area (Å²) in [4.78, 5) is 10.5. The zero-order chi connectivity index (χ0) is 15.9. The fourth-order valence-corrected chi connectivity index (χ4v) is 2.27. The quantitative estimate of drug-likeness (QED) is 0.604. The van der Waals surface area contributed by atoms with Crippen LogP contribution in [-0.2, 0) is 0 Å². The molecule has 116 valence electrons. The number of nitro groups is 1. The van der Waals surface area contributed by atoms with Gasteiger partial charge in [-0.05, 0) is 30.5 Å². The van der Waals surface area contributed by atoms with Gasteiger partial charge in [-0.15, -0.1) is 0 Å². The number of benzene rings is 2. The molecule has 0 fully saturated rings. The predicted molar refractivity (Wildman–Crippen MR) is 82.2 cm³/mol. The SMILES string of the molecule is O=[N+]([O-])c1cc(F)ccc1NC(CCCO)c1ccccc1. The lowest BCUT2D eigenvalue weighted by Crippen LogP contribution is -2.12. The largest absolute Gasteiger partial charge is 0.396 e. The summed E-state index contributed by atoms with van der Waals surface area (Å²) in [7, 11) is 0. The summed E-state index contributed by atoms with van der Waals surface area (Å²) in [5.74, 6) is -0.649. The van der Waals surface area contributed by atoms with Gasteiger partial charge in [0.05, 0.1) is 17.0 Å². The highest BCUT2D eigenvalue weighted by Gasteiger charge is 2.19. The molecule has 0 aliphatic heterocycles. The molecule has 2 rings (SSSR count). The molecule has 2 N–H and O–H groups in total. The van der Waals surface area contributed by atoms with E-state index in [-0.39, 0.29) is 24.0 Å². The van der Waals surface area contributed by atoms with Gasteiger partial charge in [0.1, 0.15) is 11.5 Å². The summed E-state index contributed by atoms with van der Waals surface area (Å²) >= 11 is 0. The van der Waals surface area contributed by atoms with Crippen LogP contribution in [0.4, 0.5) is 15.8 Å². The van der Waals surface area contributed by atoms with Crippen molar-refractivity contribution < 1.29 is 14.4 Å². The Morgan fingerprint density at radius 2 is 1.95 bits per heavy atom. The average Bonchev–Trinajstić information content (AvgIpc) is 2.53. The maximum absolute atomic E-state index is 13.2. The van der Waals surface area contributed by atoms with Gasteiger partial charge < -0.3 is 10.4 Å². The molecular formula is C16H17FN2O3. The number of anilines is 1. The van der Waals surface area contributed by atoms with E-state index in [1.165, 1.54) is 12.1 Å². The lowest BCUT2D eigenvalue weighted by molar-refractivity contribution is -0.384. The van der Waals surface area contributed by atoms with E-state index < -0.39 is 10.7 Å². The Labute approximate surface area is 127 Å². The lowest BCUT2D eigenvalue weighted by Gasteiger charge is -2.20. The maximum atomic E-state index is 13.2. The molecule has 0 aliphatic carbocycles. The van der Waals surface area contributed by atoms with E-state index >= 15 is 0 Å². The highest BCUT2D eigenvalue weighted by atomic mass is 19.1. The van der Waals surface area contributed by atoms with Crippen LogP contribution in [0.5, 0.6) is 0 Å². The van der Waals surface area contributed by atoms with Crippen molar-refractivity contribution in [3.63, 3.8) is 0 Å². The summed E-state index contributed by atoms with van der Waals surface area (Å²) in [6, 6.07) is 12.7. The van der Waals surface area contributed by atoms with Gasteiger partial charge in [0, 0.05) is 6.61 Å². The average molecular weight is 304 g/mol. The molecule has 22 heavy (non-hydrogen) atoms. The monoisotopic (exact) mass is 304 g/mol. The molecule has 2 aromatic carbocycles. The third kappa shape index (κ3) is 4.02. The zero-order valence-corrected chi connectivity index (χ0v) is 11.9. The summed E-state index contributed by atoms with van der Waals surface area (Å²) < 4.78 is 13.2. The molecule has 0 spiro atoms. The van der Waals surface area contributed by atoms with Crippen LogP contribution in [0.2, 0.25) is 0 Å². The third-order valence-electron chi connectivity index (χ3n) is 3.34. The number of nitrogens with zero attached hydrogens (tertiary/aromatic N) is 1. The number of aliphatic hydroxyl groups is 1. The summed E-state index contributed by atoms with van der Waals surface area (Å²) in [6.07, 6.45) is 1.16. The van der Waals surface area contributed by atoms with Crippen molar-refractivity contribution in [2.75, 3.05) is 11.9 Å². The number of aliphatic hydroxyl groups excluding tert-OH is 1. The van der Waals surface area contributed by atoms with Crippen molar-refractivity contribution in [3.05, 3.63) is 70.0 Å². The van der Waals surface area contributed by atoms with E-state index in [4.69, 9.17) is 5.11 Å². The minimum absolute atomic E-state index is 0.0382. The van der Waals surface area contributed by atoms with Crippen molar-refractivity contribution in [1.29, 1.82) is 0 Å². The minimum atomic E-state index is -0.649. The van der Waals surface area contributed by atoms with Crippen LogP contribution in [0.25, 0.3) is 0 Å². The fraction of sp³-hybridized carbons (Fsp3) is 0.250. The lowest BCUT2D eigenvalue weighted by atomic mass is 10.0. The van der Waals surface area contributed by atoms with Gasteiger partial charge in [-0.3, -0.25) is 10.1 Å². The molecule has 0 heterocycles. The number of rotatable bonds is 7. The van der Waals surface area contributed by atoms with E-state index in [9.17, 15) is 14.5 Å². The minimum Gasteiger partial charge on any atom is -0.396 e. The first kappa shape index (κ1) is 15.9. The summed E-state index contributed by atoms with van der Waals surface area (Å²) in [5, 5.41) is 23.2. The van der Waals surface area contributed by atoms with Crippen molar-refractivity contribution in [1.82, 2.24) is 0 Å². The van der Waals surface area contributed by atoms with Crippen LogP contribution >= 0.6 is 0 Å². The van der Waals surface area contributed by atoms with Gasteiger partial charge in [0.25, 0.3) is 5.69 Å². The van der Waals surface area contributed by atoms with Gasteiger partial charge in [-0.1, -0.05) is 30.3 Å². The second-order valence-corrected chi connectivity index (χ2v) is 4.89. The molecule has 1 unspecified atom stereocenters. The molecule has 5 nitrogen and oxygen atoms in total. The molecule has 0 bridgehead atoms. The van der Waals surface area contributed by atoms with Crippen molar-refractivity contribution in [3.8, 4) is 0 Å². The summed E-state index contributed by atoms with van der Waals surface area (Å²) in [5.41, 5.74) is 0.915. The second kappa shape index (κ2) is 7.51. The zero-order valence-electron chi connectivity index (χ0n) is 11.9. The molecule has 0 aliphatic rings. The second-order valence-electron chi connectivity index (χ2n) is 4.89. The Balaban J connectivity index is 2.29. The highest BCUT2D eigenvalue weighted by molar-refractivity contribution is 5.62. The standard InChI is InChI=1S/C16H17FN2O3/c17-13-8-9-15(16(11-13)19(21)22)18-14(7-4-10-20)12-5-2-1-3-6-12/h1-3,5-6,8-9,11,14,18,20H,4,7,10H2. The van der Waals surface area contributed by atoms with E-state index in [1.54, 1.807) is 0 Å². The molecule has 0 aromatic heterocycles. The first-order valence-corrected chi connectivity index (χ1v) is 6.98. The molecule has 0 amide bonds. The number of hydrogen-bond donors (Lipinski definition) is 2. The van der Waals surface area contributed by atoms with Crippen molar-refractivity contribution >= 4 is 11.4 Å². The predicted octanol–water partition coefficient (Wildman–Crippen LogP) is 3.66. The van der Waals surface area contributed by atoms with Gasteiger partial charge >= 0.3 is 0 Å². The number of nitro benzene ring substituents is 1. The molecule has 1 atom stereocenters. The van der Waals surface area contributed by atoms with Crippen LogP contribution in [0.1, 0.15) is 24.4 Å². The van der Waals surface area contributed by atoms with E-state index in [2.05, 4.69) is 5.32 Å². The van der Waals surface area contributed by atoms with Crippen LogP contribution in [0.3, 0.4) is 0 Å². The van der Waals surface area contributed by atoms with Crippen LogP contribution < -0.4 is 5.32 Å². The van der Waals surface area contributed by atoms with Gasteiger partial charge in [0.2, 0.25) is 0 Å². The first-order valence-electron chi connectivity index (χ1n) is 6.98. The molecule has 6 heteroatoms. The van der Waals surface area contributed by atoms with Gasteiger partial charge in [0.15, 0.2) is 0 Å². The number of halogens is 1. The Morgan fingerprint density at radius 1 is 1.23 bits per heavy atom. The Morgan fingerprint density at radius 3 is 2.59 bits per heavy atom. The maximum Gasteiger partial charge on any atom is 0.295 e. The number of nitrogens with one attached hydrogen (secondary N) is 1. The van der Waals surface area contributed by atoms with Crippen LogP contribution in [-0.4, -0.2) is 16.6 Å². The van der Waals surface area contributed by atoms with Crippen LogP contribution in [0, 0.1) is 15.9 Å². The third-order valence-corrected chi connectivity index (χ3v) is 3.34. The fourth-order valence-electron chi connectivity index (χ4n) is 2.27. The smallest absolute Gasteiger partial charge is 0.295 e. The highest BCUT2D eigenvalue weighted by Crippen LogP contribution is 2.30. The van der Waals surface area contributed by atoms with Gasteiger partial charge in [-0.25, -0.2) is 4.39 Å². The Hall–Kier alpha value is -2.47. The van der Waals surface area contributed by atoms with E-state index in [1.807, 2.05) is 30.3 Å². The summed E-state index contributed by atoms with van der Waals surface area (Å²) in [6.45, 7) is 0.0382. The Kier molecular flexibility index (Phi) is 5.43. The van der Waals surface area contributed by atoms with Crippen molar-refractivity contribution in [2.24, 2.45) is 0 Å². The van der Waals surface area contributed by atoms with E-state index in [0.29, 0.717) is 12.8 Å². The number of hydrogen-bond acceptors (Lipinski definition) is 4. The molecule has 0 radical (unpaired) electrons. The first-order chi connectivity index (χ1) is 10.6. The van der Waals surface area contributed by atoms with E-state index in [0.717, 1.165) is 11.6 Å². The normalized spacial score (nSPS) is 11.9. The molecule has 2 aromatic rings. The molecule has 0 saturated carbocycles. The topological polar surface area (TPSA) is 75.4 Å². The molecule has 0 saturated heterocycles. The van der Waals surface area contributed by atoms with Crippen molar-refractivity contribution in [2.45, 2.75) is 18.9 Å². The molecular weight excluding hydrogens is 287 g/mol. The van der Waals surface area contributed by atoms with Gasteiger partial charge in [-0.2, -0.15) is 0 Å². The Bertz CT molecular complexity index is 635. The van der Waals surface area contributed by atoms with Crippen LogP contribution in [0.15, 0.2) is 48.5 Å².